The molecule has 1 amide bonds. The number of nitro groups is 1. The van der Waals surface area contributed by atoms with Crippen LogP contribution in [0.5, 0.6) is 0 Å². The highest BCUT2D eigenvalue weighted by atomic mass is 16.6. The van der Waals surface area contributed by atoms with Gasteiger partial charge in [0.15, 0.2) is 0 Å². The summed E-state index contributed by atoms with van der Waals surface area (Å²) in [5, 5.41) is 22.5. The molecule has 1 aliphatic heterocycles. The summed E-state index contributed by atoms with van der Waals surface area (Å²) in [7, 11) is 3.28. The largest absolute Gasteiger partial charge is 0.354 e. The molecule has 0 radical (unpaired) electrons. The van der Waals surface area contributed by atoms with Gasteiger partial charge in [-0.2, -0.15) is 10.2 Å². The van der Waals surface area contributed by atoms with Crippen molar-refractivity contribution in [3.05, 3.63) is 33.8 Å². The molecule has 2 aromatic heterocycles. The Morgan fingerprint density at radius 3 is 2.88 bits per heavy atom. The predicted molar refractivity (Wildman–Crippen MR) is 90.7 cm³/mol. The summed E-state index contributed by atoms with van der Waals surface area (Å²) < 4.78 is 3.33. The Hall–Kier alpha value is -2.91. The first-order chi connectivity index (χ1) is 11.9. The number of hydrogen-bond donors (Lipinski definition) is 1. The lowest BCUT2D eigenvalue weighted by molar-refractivity contribution is -0.384. The molecule has 1 atom stereocenters. The van der Waals surface area contributed by atoms with Crippen molar-refractivity contribution in [2.24, 2.45) is 7.05 Å². The van der Waals surface area contributed by atoms with E-state index in [2.05, 4.69) is 15.5 Å². The van der Waals surface area contributed by atoms with E-state index in [1.54, 1.807) is 42.6 Å². The number of rotatable bonds is 4. The van der Waals surface area contributed by atoms with Crippen LogP contribution in [0, 0.1) is 17.0 Å². The highest BCUT2D eigenvalue weighted by Crippen LogP contribution is 2.34. The minimum Gasteiger partial charge on any atom is -0.354 e. The average molecular weight is 347 g/mol. The van der Waals surface area contributed by atoms with Crippen LogP contribution in [0.25, 0.3) is 0 Å². The summed E-state index contributed by atoms with van der Waals surface area (Å²) in [5.74, 6) is 0.287. The fraction of sp³-hybridized carbons (Fsp3) is 0.533. The smallest absolute Gasteiger partial charge is 0.333 e. The van der Waals surface area contributed by atoms with Gasteiger partial charge in [0.1, 0.15) is 11.4 Å². The van der Waals surface area contributed by atoms with E-state index in [-0.39, 0.29) is 22.6 Å². The zero-order valence-corrected chi connectivity index (χ0v) is 14.5. The Labute approximate surface area is 144 Å². The van der Waals surface area contributed by atoms with Crippen LogP contribution in [0.3, 0.4) is 0 Å². The van der Waals surface area contributed by atoms with E-state index in [1.165, 1.54) is 0 Å². The number of hydrogen-bond acceptors (Lipinski definition) is 6. The van der Waals surface area contributed by atoms with Crippen molar-refractivity contribution in [2.45, 2.75) is 25.8 Å². The standard InChI is InChI=1S/C15H21N7O3/c1-10-13(22(24)25)15(19(3)17-10)20-7-4-5-11(9-20)21-8-6-12(18-21)14(23)16-2/h6,8,11H,4-5,7,9H2,1-3H3,(H,16,23)/t11-/m0/s1. The molecule has 10 nitrogen and oxygen atoms in total. The molecule has 0 bridgehead atoms. The second-order valence-corrected chi connectivity index (χ2v) is 6.14. The molecule has 0 spiro atoms. The number of nitrogens with one attached hydrogen (secondary N) is 1. The molecule has 0 aromatic carbocycles. The molecule has 134 valence electrons. The van der Waals surface area contributed by atoms with Crippen molar-refractivity contribution in [3.63, 3.8) is 0 Å². The zero-order valence-electron chi connectivity index (χ0n) is 14.5. The van der Waals surface area contributed by atoms with Crippen LogP contribution in [0.1, 0.15) is 35.1 Å². The Bertz CT molecular complexity index is 810. The van der Waals surface area contributed by atoms with E-state index in [9.17, 15) is 14.9 Å². The maximum Gasteiger partial charge on any atom is 0.333 e. The van der Waals surface area contributed by atoms with Gasteiger partial charge in [0.25, 0.3) is 5.91 Å². The van der Waals surface area contributed by atoms with Crippen molar-refractivity contribution in [1.82, 2.24) is 24.9 Å². The Morgan fingerprint density at radius 2 is 2.20 bits per heavy atom. The third kappa shape index (κ3) is 3.06. The molecule has 2 aromatic rings. The van der Waals surface area contributed by atoms with Gasteiger partial charge >= 0.3 is 5.69 Å². The molecule has 1 aliphatic rings. The SMILES string of the molecule is CNC(=O)c1ccn([C@H]2CCCN(c3c([N+](=O)[O-])c(C)nn3C)C2)n1. The molecule has 3 heterocycles. The molecular weight excluding hydrogens is 326 g/mol. The van der Waals surface area contributed by atoms with Gasteiger partial charge in [-0.15, -0.1) is 0 Å². The number of carbonyl (C=O) groups excluding carboxylic acids is 1. The second-order valence-electron chi connectivity index (χ2n) is 6.14. The molecule has 1 saturated heterocycles. The Morgan fingerprint density at radius 1 is 1.44 bits per heavy atom. The van der Waals surface area contributed by atoms with Gasteiger partial charge in [-0.25, -0.2) is 4.68 Å². The van der Waals surface area contributed by atoms with E-state index in [0.717, 1.165) is 19.4 Å². The molecule has 0 unspecified atom stereocenters. The fourth-order valence-electron chi connectivity index (χ4n) is 3.36. The van der Waals surface area contributed by atoms with Gasteiger partial charge in [0.2, 0.25) is 5.82 Å². The zero-order chi connectivity index (χ0) is 18.1. The van der Waals surface area contributed by atoms with Crippen LogP contribution in [-0.4, -0.2) is 50.5 Å². The highest BCUT2D eigenvalue weighted by Gasteiger charge is 2.32. The van der Waals surface area contributed by atoms with E-state index in [4.69, 9.17) is 0 Å². The quantitative estimate of drug-likeness (QED) is 0.653. The summed E-state index contributed by atoms with van der Waals surface area (Å²) in [5.41, 5.74) is 0.822. The number of aryl methyl sites for hydroxylation is 2. The monoisotopic (exact) mass is 347 g/mol. The number of piperidine rings is 1. The van der Waals surface area contributed by atoms with Gasteiger partial charge in [-0.1, -0.05) is 0 Å². The van der Waals surface area contributed by atoms with E-state index in [1.807, 2.05) is 4.90 Å². The van der Waals surface area contributed by atoms with Crippen molar-refractivity contribution in [1.29, 1.82) is 0 Å². The summed E-state index contributed by atoms with van der Waals surface area (Å²) >= 11 is 0. The minimum atomic E-state index is -0.376. The van der Waals surface area contributed by atoms with Crippen LogP contribution in [0.2, 0.25) is 0 Å². The summed E-state index contributed by atoms with van der Waals surface area (Å²) in [4.78, 5) is 24.7. The van der Waals surface area contributed by atoms with Gasteiger partial charge < -0.3 is 10.2 Å². The molecule has 0 aliphatic carbocycles. The Kier molecular flexibility index (Phi) is 4.43. The minimum absolute atomic E-state index is 0.0435. The number of nitrogens with zero attached hydrogens (tertiary/aromatic N) is 6. The van der Waals surface area contributed by atoms with Gasteiger partial charge in [0, 0.05) is 33.4 Å². The molecule has 0 saturated carbocycles. The van der Waals surface area contributed by atoms with Crippen LogP contribution < -0.4 is 10.2 Å². The van der Waals surface area contributed by atoms with E-state index < -0.39 is 0 Å². The second kappa shape index (κ2) is 6.54. The number of carbonyl (C=O) groups is 1. The molecule has 10 heteroatoms. The molecule has 1 fully saturated rings. The lowest BCUT2D eigenvalue weighted by Crippen LogP contribution is -2.38. The molecule has 1 N–H and O–H groups in total. The van der Waals surface area contributed by atoms with E-state index in [0.29, 0.717) is 23.8 Å². The topological polar surface area (TPSA) is 111 Å². The van der Waals surface area contributed by atoms with Gasteiger partial charge in [0.05, 0.1) is 11.0 Å². The summed E-state index contributed by atoms with van der Waals surface area (Å²) in [6, 6.07) is 1.72. The van der Waals surface area contributed by atoms with Crippen molar-refractivity contribution >= 4 is 17.4 Å². The maximum absolute atomic E-state index is 11.7. The number of anilines is 1. The lowest BCUT2D eigenvalue weighted by Gasteiger charge is -2.33. The van der Waals surface area contributed by atoms with Gasteiger partial charge in [-0.3, -0.25) is 19.6 Å². The molecule has 3 rings (SSSR count). The van der Waals surface area contributed by atoms with Crippen LogP contribution >= 0.6 is 0 Å². The van der Waals surface area contributed by atoms with Crippen LogP contribution in [0.4, 0.5) is 11.5 Å². The lowest BCUT2D eigenvalue weighted by atomic mass is 10.1. The first-order valence-electron chi connectivity index (χ1n) is 8.12. The van der Waals surface area contributed by atoms with Crippen molar-refractivity contribution < 1.29 is 9.72 Å². The van der Waals surface area contributed by atoms with Crippen molar-refractivity contribution in [2.75, 3.05) is 25.0 Å². The van der Waals surface area contributed by atoms with Crippen LogP contribution in [-0.2, 0) is 7.05 Å². The first kappa shape index (κ1) is 16.9. The third-order valence-electron chi connectivity index (χ3n) is 4.48. The Balaban J connectivity index is 1.86. The molecular formula is C15H21N7O3. The maximum atomic E-state index is 11.7. The fourth-order valence-corrected chi connectivity index (χ4v) is 3.36. The normalized spacial score (nSPS) is 17.6. The predicted octanol–water partition coefficient (Wildman–Crippen LogP) is 1.03. The molecule has 25 heavy (non-hydrogen) atoms. The average Bonchev–Trinajstić information content (AvgIpc) is 3.18. The first-order valence-corrected chi connectivity index (χ1v) is 8.12. The third-order valence-corrected chi connectivity index (χ3v) is 4.48. The van der Waals surface area contributed by atoms with Crippen molar-refractivity contribution in [3.8, 4) is 0 Å². The summed E-state index contributed by atoms with van der Waals surface area (Å²) in [6.45, 7) is 2.95. The van der Waals surface area contributed by atoms with Crippen LogP contribution in [0.15, 0.2) is 12.3 Å². The van der Waals surface area contributed by atoms with E-state index >= 15 is 0 Å². The number of aromatic nitrogens is 4. The highest BCUT2D eigenvalue weighted by molar-refractivity contribution is 5.91. The number of amides is 1. The summed E-state index contributed by atoms with van der Waals surface area (Å²) in [6.07, 6.45) is 3.55. The van der Waals surface area contributed by atoms with Gasteiger partial charge in [-0.05, 0) is 25.8 Å².